The highest BCUT2D eigenvalue weighted by atomic mass is 16.2. The Bertz CT molecular complexity index is 835. The van der Waals surface area contributed by atoms with Crippen molar-refractivity contribution in [1.29, 1.82) is 0 Å². The number of rotatable bonds is 2. The normalized spacial score (nSPS) is 22.4. The second kappa shape index (κ2) is 6.71. The molecule has 2 aromatic rings. The average molecular weight is 350 g/mol. The zero-order valence-electron chi connectivity index (χ0n) is 15.8. The van der Waals surface area contributed by atoms with Gasteiger partial charge >= 0.3 is 0 Å². The molecule has 2 aliphatic rings. The molecular formula is C21H26N4O. The Morgan fingerprint density at radius 3 is 2.81 bits per heavy atom. The van der Waals surface area contributed by atoms with E-state index in [0.29, 0.717) is 17.4 Å². The summed E-state index contributed by atoms with van der Waals surface area (Å²) in [7, 11) is 0. The van der Waals surface area contributed by atoms with E-state index in [1.165, 1.54) is 18.4 Å². The molecule has 0 aliphatic carbocycles. The molecule has 1 fully saturated rings. The van der Waals surface area contributed by atoms with E-state index >= 15 is 0 Å². The second-order valence-electron chi connectivity index (χ2n) is 7.71. The van der Waals surface area contributed by atoms with Crippen molar-refractivity contribution in [3.8, 4) is 0 Å². The smallest absolute Gasteiger partial charge is 0.277 e. The molecule has 0 bridgehead atoms. The van der Waals surface area contributed by atoms with Crippen molar-refractivity contribution in [3.63, 3.8) is 0 Å². The monoisotopic (exact) mass is 350 g/mol. The molecule has 1 amide bonds. The molecule has 2 atom stereocenters. The van der Waals surface area contributed by atoms with Crippen LogP contribution < -0.4 is 9.80 Å². The first kappa shape index (κ1) is 17.0. The SMILES string of the molecule is Cc1nc(C(=O)N2c3ccccc3CC2C)cc(N2CCCC(C)C2)n1. The van der Waals surface area contributed by atoms with E-state index in [1.807, 2.05) is 36.1 Å². The summed E-state index contributed by atoms with van der Waals surface area (Å²) in [6.07, 6.45) is 3.32. The van der Waals surface area contributed by atoms with Crippen LogP contribution in [0.1, 0.15) is 48.6 Å². The van der Waals surface area contributed by atoms with E-state index in [2.05, 4.69) is 34.8 Å². The maximum Gasteiger partial charge on any atom is 0.277 e. The molecule has 0 saturated carbocycles. The average Bonchev–Trinajstić information content (AvgIpc) is 2.96. The number of fused-ring (bicyclic) bond motifs is 1. The fourth-order valence-electron chi connectivity index (χ4n) is 4.22. The van der Waals surface area contributed by atoms with E-state index in [-0.39, 0.29) is 11.9 Å². The summed E-state index contributed by atoms with van der Waals surface area (Å²) < 4.78 is 0. The van der Waals surface area contributed by atoms with Crippen LogP contribution in [0.25, 0.3) is 0 Å². The Labute approximate surface area is 155 Å². The predicted octanol–water partition coefficient (Wildman–Crippen LogP) is 3.61. The Kier molecular flexibility index (Phi) is 4.39. The van der Waals surface area contributed by atoms with Crippen molar-refractivity contribution in [2.75, 3.05) is 22.9 Å². The van der Waals surface area contributed by atoms with Crippen LogP contribution in [0, 0.1) is 12.8 Å². The molecule has 5 nitrogen and oxygen atoms in total. The van der Waals surface area contributed by atoms with E-state index in [4.69, 9.17) is 0 Å². The van der Waals surface area contributed by atoms with Gasteiger partial charge in [0, 0.05) is 30.9 Å². The van der Waals surface area contributed by atoms with E-state index < -0.39 is 0 Å². The van der Waals surface area contributed by atoms with Crippen LogP contribution in [0.15, 0.2) is 30.3 Å². The van der Waals surface area contributed by atoms with Gasteiger partial charge in [-0.15, -0.1) is 0 Å². The number of carbonyl (C=O) groups excluding carboxylic acids is 1. The maximum atomic E-state index is 13.3. The van der Waals surface area contributed by atoms with Crippen molar-refractivity contribution >= 4 is 17.4 Å². The first-order valence-corrected chi connectivity index (χ1v) is 9.55. The summed E-state index contributed by atoms with van der Waals surface area (Å²) in [5, 5.41) is 0. The molecule has 4 rings (SSSR count). The van der Waals surface area contributed by atoms with E-state index in [9.17, 15) is 4.79 Å². The van der Waals surface area contributed by atoms with Gasteiger partial charge in [-0.25, -0.2) is 9.97 Å². The van der Waals surface area contributed by atoms with Gasteiger partial charge in [-0.1, -0.05) is 25.1 Å². The number of para-hydroxylation sites is 1. The molecule has 1 saturated heterocycles. The molecule has 2 aliphatic heterocycles. The quantitative estimate of drug-likeness (QED) is 0.830. The van der Waals surface area contributed by atoms with Crippen LogP contribution in [0.2, 0.25) is 0 Å². The van der Waals surface area contributed by atoms with Gasteiger partial charge in [-0.2, -0.15) is 0 Å². The fourth-order valence-corrected chi connectivity index (χ4v) is 4.22. The molecule has 0 spiro atoms. The van der Waals surface area contributed by atoms with Crippen molar-refractivity contribution in [3.05, 3.63) is 47.4 Å². The lowest BCUT2D eigenvalue weighted by Gasteiger charge is -2.32. The Morgan fingerprint density at radius 1 is 1.19 bits per heavy atom. The van der Waals surface area contributed by atoms with Crippen LogP contribution in [-0.4, -0.2) is 35.0 Å². The van der Waals surface area contributed by atoms with Crippen LogP contribution in [0.3, 0.4) is 0 Å². The summed E-state index contributed by atoms with van der Waals surface area (Å²) >= 11 is 0. The number of aryl methyl sites for hydroxylation is 1. The van der Waals surface area contributed by atoms with Gasteiger partial charge in [0.15, 0.2) is 0 Å². The number of nitrogens with zero attached hydrogens (tertiary/aromatic N) is 4. The number of aromatic nitrogens is 2. The molecule has 5 heteroatoms. The minimum absolute atomic E-state index is 0.0285. The van der Waals surface area contributed by atoms with Crippen molar-refractivity contribution in [2.45, 2.75) is 46.1 Å². The van der Waals surface area contributed by atoms with Crippen LogP contribution in [-0.2, 0) is 6.42 Å². The lowest BCUT2D eigenvalue weighted by Crippen LogP contribution is -2.37. The first-order chi connectivity index (χ1) is 12.5. The second-order valence-corrected chi connectivity index (χ2v) is 7.71. The van der Waals surface area contributed by atoms with Crippen LogP contribution in [0.4, 0.5) is 11.5 Å². The topological polar surface area (TPSA) is 49.3 Å². The standard InChI is InChI=1S/C21H26N4O/c1-14-7-6-10-24(13-14)20-12-18(22-16(3)23-20)21(26)25-15(2)11-17-8-4-5-9-19(17)25/h4-5,8-9,12,14-15H,6-7,10-11,13H2,1-3H3. The molecule has 26 heavy (non-hydrogen) atoms. The minimum atomic E-state index is -0.0285. The lowest BCUT2D eigenvalue weighted by molar-refractivity contribution is 0.0976. The first-order valence-electron chi connectivity index (χ1n) is 9.55. The lowest BCUT2D eigenvalue weighted by atomic mass is 10.0. The van der Waals surface area contributed by atoms with E-state index in [1.54, 1.807) is 0 Å². The Hall–Kier alpha value is -2.43. The van der Waals surface area contributed by atoms with Crippen LogP contribution in [0.5, 0.6) is 0 Å². The highest BCUT2D eigenvalue weighted by molar-refractivity contribution is 6.06. The number of amides is 1. The predicted molar refractivity (Wildman–Crippen MR) is 104 cm³/mol. The fraction of sp³-hybridized carbons (Fsp3) is 0.476. The van der Waals surface area contributed by atoms with Gasteiger partial charge in [0.2, 0.25) is 0 Å². The molecule has 2 unspecified atom stereocenters. The van der Waals surface area contributed by atoms with Gasteiger partial charge in [-0.3, -0.25) is 4.79 Å². The maximum absolute atomic E-state index is 13.3. The van der Waals surface area contributed by atoms with Gasteiger partial charge in [-0.05, 0) is 50.7 Å². The zero-order chi connectivity index (χ0) is 18.3. The van der Waals surface area contributed by atoms with Gasteiger partial charge in [0.1, 0.15) is 17.3 Å². The van der Waals surface area contributed by atoms with Crippen molar-refractivity contribution in [2.24, 2.45) is 5.92 Å². The van der Waals surface area contributed by atoms with Crippen molar-refractivity contribution < 1.29 is 4.79 Å². The summed E-state index contributed by atoms with van der Waals surface area (Å²) in [4.78, 5) is 26.5. The highest BCUT2D eigenvalue weighted by Crippen LogP contribution is 2.33. The number of hydrogen-bond donors (Lipinski definition) is 0. The molecule has 1 aromatic heterocycles. The molecule has 3 heterocycles. The molecule has 136 valence electrons. The third-order valence-corrected chi connectivity index (χ3v) is 5.45. The minimum Gasteiger partial charge on any atom is -0.356 e. The van der Waals surface area contributed by atoms with Gasteiger partial charge in [0.05, 0.1) is 0 Å². The number of hydrogen-bond acceptors (Lipinski definition) is 4. The Balaban J connectivity index is 1.66. The van der Waals surface area contributed by atoms with Crippen molar-refractivity contribution in [1.82, 2.24) is 9.97 Å². The molecule has 1 aromatic carbocycles. The summed E-state index contributed by atoms with van der Waals surface area (Å²) in [6, 6.07) is 10.2. The third-order valence-electron chi connectivity index (χ3n) is 5.45. The highest BCUT2D eigenvalue weighted by Gasteiger charge is 2.32. The van der Waals surface area contributed by atoms with E-state index in [0.717, 1.165) is 31.0 Å². The number of carbonyl (C=O) groups is 1. The zero-order valence-corrected chi connectivity index (χ0v) is 15.8. The van der Waals surface area contributed by atoms with Gasteiger partial charge < -0.3 is 9.80 Å². The largest absolute Gasteiger partial charge is 0.356 e. The molecular weight excluding hydrogens is 324 g/mol. The summed E-state index contributed by atoms with van der Waals surface area (Å²) in [5.74, 6) is 2.17. The summed E-state index contributed by atoms with van der Waals surface area (Å²) in [5.41, 5.74) is 2.73. The number of benzene rings is 1. The third kappa shape index (κ3) is 3.06. The Morgan fingerprint density at radius 2 is 2.00 bits per heavy atom. The molecule has 0 N–H and O–H groups in total. The van der Waals surface area contributed by atoms with Crippen LogP contribution >= 0.6 is 0 Å². The molecule has 0 radical (unpaired) electrons. The number of piperidine rings is 1. The van der Waals surface area contributed by atoms with Gasteiger partial charge in [0.25, 0.3) is 5.91 Å². The summed E-state index contributed by atoms with van der Waals surface area (Å²) in [6.45, 7) is 8.23. The number of anilines is 2.